The molecule has 1 nitrogen and oxygen atoms in total. The van der Waals surface area contributed by atoms with E-state index in [1.54, 1.807) is 0 Å². The highest BCUT2D eigenvalue weighted by Gasteiger charge is 2.15. The fraction of sp³-hybridized carbons (Fsp3) is 0. The Labute approximate surface area is 120 Å². The first-order chi connectivity index (χ1) is 7.04. The van der Waals surface area contributed by atoms with Gasteiger partial charge in [0.25, 0.3) is 0 Å². The van der Waals surface area contributed by atoms with Crippen LogP contribution in [0.15, 0.2) is 36.1 Å². The minimum Gasteiger partial charge on any atom is -0.506 e. The van der Waals surface area contributed by atoms with E-state index in [2.05, 4.69) is 63.7 Å². The summed E-state index contributed by atoms with van der Waals surface area (Å²) in [5.41, 5.74) is 0. The zero-order valence-electron chi connectivity index (χ0n) is 7.19. The molecule has 0 saturated carbocycles. The van der Waals surface area contributed by atoms with Gasteiger partial charge in [0.05, 0.1) is 8.95 Å². The average Bonchev–Trinajstić information content (AvgIpc) is 2.23. The highest BCUT2D eigenvalue weighted by molar-refractivity contribution is 9.13. The van der Waals surface area contributed by atoms with Crippen LogP contribution in [0.1, 0.15) is 0 Å². The second kappa shape index (κ2) is 4.35. The first-order valence-corrected chi connectivity index (χ1v) is 7.15. The van der Waals surface area contributed by atoms with E-state index in [0.717, 1.165) is 19.7 Å². The summed E-state index contributed by atoms with van der Waals surface area (Å²) in [5, 5.41) is 11.8. The Bertz CT molecular complexity index is 551. The van der Waals surface area contributed by atoms with Gasteiger partial charge in [0.2, 0.25) is 0 Å². The van der Waals surface area contributed by atoms with Gasteiger partial charge in [-0.15, -0.1) is 0 Å². The Morgan fingerprint density at radius 1 is 0.867 bits per heavy atom. The molecule has 15 heavy (non-hydrogen) atoms. The molecule has 2 aromatic rings. The molecule has 78 valence electrons. The lowest BCUT2D eigenvalue weighted by Crippen LogP contribution is -1.82. The van der Waals surface area contributed by atoms with Crippen LogP contribution in [0.2, 0.25) is 0 Å². The average molecular weight is 460 g/mol. The van der Waals surface area contributed by atoms with Crippen molar-refractivity contribution in [2.75, 3.05) is 0 Å². The van der Waals surface area contributed by atoms with Gasteiger partial charge in [-0.1, -0.05) is 28.1 Å². The third-order valence-electron chi connectivity index (χ3n) is 2.08. The molecule has 2 aromatic carbocycles. The predicted molar refractivity (Wildman–Crippen MR) is 76.4 cm³/mol. The van der Waals surface area contributed by atoms with Crippen LogP contribution in [-0.2, 0) is 0 Å². The number of hydrogen-bond donors (Lipinski definition) is 1. The van der Waals surface area contributed by atoms with Gasteiger partial charge in [-0.2, -0.15) is 0 Å². The summed E-state index contributed by atoms with van der Waals surface area (Å²) in [5.74, 6) is 0.201. The summed E-state index contributed by atoms with van der Waals surface area (Å²) in [6.07, 6.45) is 0. The van der Waals surface area contributed by atoms with E-state index in [1.807, 2.05) is 18.2 Å². The molecule has 0 aliphatic heterocycles. The van der Waals surface area contributed by atoms with Crippen molar-refractivity contribution in [3.63, 3.8) is 0 Å². The van der Waals surface area contributed by atoms with Crippen LogP contribution in [0.3, 0.4) is 0 Å². The number of hydrogen-bond acceptors (Lipinski definition) is 1. The zero-order chi connectivity index (χ0) is 11.2. The van der Waals surface area contributed by atoms with Crippen LogP contribution in [0.25, 0.3) is 10.8 Å². The second-order valence-corrected chi connectivity index (χ2v) is 6.19. The van der Waals surface area contributed by atoms with Crippen LogP contribution in [0, 0.1) is 0 Å². The van der Waals surface area contributed by atoms with Crippen molar-refractivity contribution in [3.8, 4) is 5.75 Å². The molecule has 2 rings (SSSR count). The summed E-state index contributed by atoms with van der Waals surface area (Å²) in [6.45, 7) is 0. The van der Waals surface area contributed by atoms with E-state index in [0.29, 0.717) is 8.95 Å². The number of rotatable bonds is 0. The second-order valence-electron chi connectivity index (χ2n) is 2.95. The van der Waals surface area contributed by atoms with Crippen LogP contribution in [0.5, 0.6) is 5.75 Å². The lowest BCUT2D eigenvalue weighted by Gasteiger charge is -2.10. The van der Waals surface area contributed by atoms with E-state index in [-0.39, 0.29) is 5.75 Å². The molecule has 0 amide bonds. The number of phenols is 1. The number of phenolic OH excluding ortho intramolecular Hbond substituents is 1. The topological polar surface area (TPSA) is 20.2 Å². The number of benzene rings is 2. The van der Waals surface area contributed by atoms with Gasteiger partial charge in [0.15, 0.2) is 0 Å². The Kier molecular flexibility index (Phi) is 3.45. The van der Waals surface area contributed by atoms with E-state index in [4.69, 9.17) is 0 Å². The summed E-state index contributed by atoms with van der Waals surface area (Å²) in [6, 6.07) is 5.83. The number of fused-ring (bicyclic) bond motifs is 1. The fourth-order valence-corrected chi connectivity index (χ4v) is 4.00. The zero-order valence-corrected chi connectivity index (χ0v) is 13.5. The third-order valence-corrected chi connectivity index (χ3v) is 5.64. The maximum absolute atomic E-state index is 9.84. The molecule has 0 aliphatic rings. The van der Waals surface area contributed by atoms with Crippen LogP contribution in [-0.4, -0.2) is 5.11 Å². The van der Waals surface area contributed by atoms with Crippen molar-refractivity contribution in [1.29, 1.82) is 0 Å². The van der Waals surface area contributed by atoms with E-state index < -0.39 is 0 Å². The molecule has 0 bridgehead atoms. The van der Waals surface area contributed by atoms with Crippen molar-refractivity contribution in [3.05, 3.63) is 36.1 Å². The molecular formula is C10H4Br4O. The van der Waals surface area contributed by atoms with Crippen LogP contribution in [0.4, 0.5) is 0 Å². The van der Waals surface area contributed by atoms with Gasteiger partial charge in [0.1, 0.15) is 5.75 Å². The summed E-state index contributed by atoms with van der Waals surface area (Å²) < 4.78 is 3.15. The molecule has 0 atom stereocenters. The lowest BCUT2D eigenvalue weighted by atomic mass is 10.1. The minimum absolute atomic E-state index is 0.201. The van der Waals surface area contributed by atoms with Gasteiger partial charge in [0, 0.05) is 19.7 Å². The molecule has 0 unspecified atom stereocenters. The van der Waals surface area contributed by atoms with Gasteiger partial charge < -0.3 is 5.11 Å². The van der Waals surface area contributed by atoms with Crippen LogP contribution < -0.4 is 0 Å². The minimum atomic E-state index is 0.201. The number of aromatic hydroxyl groups is 1. The molecule has 0 aromatic heterocycles. The Hall–Kier alpha value is 0.420. The SMILES string of the molecule is Oc1c(Br)c(Br)c2c(Br)cccc2c1Br. The van der Waals surface area contributed by atoms with Gasteiger partial charge in [-0.05, 0) is 53.9 Å². The summed E-state index contributed by atoms with van der Waals surface area (Å²) in [4.78, 5) is 0. The largest absolute Gasteiger partial charge is 0.506 e. The molecule has 0 spiro atoms. The molecule has 0 fully saturated rings. The lowest BCUT2D eigenvalue weighted by molar-refractivity contribution is 0.469. The molecule has 0 aliphatic carbocycles. The monoisotopic (exact) mass is 456 g/mol. The first-order valence-electron chi connectivity index (χ1n) is 3.97. The molecule has 0 saturated heterocycles. The molecule has 0 radical (unpaired) electrons. The normalized spacial score (nSPS) is 10.9. The van der Waals surface area contributed by atoms with Gasteiger partial charge in [-0.25, -0.2) is 0 Å². The smallest absolute Gasteiger partial charge is 0.145 e. The molecule has 1 N–H and O–H groups in total. The summed E-state index contributed by atoms with van der Waals surface area (Å²) in [7, 11) is 0. The van der Waals surface area contributed by atoms with Gasteiger partial charge in [-0.3, -0.25) is 0 Å². The molecule has 5 heteroatoms. The van der Waals surface area contributed by atoms with Crippen molar-refractivity contribution in [1.82, 2.24) is 0 Å². The fourth-order valence-electron chi connectivity index (χ4n) is 1.37. The van der Waals surface area contributed by atoms with Gasteiger partial charge >= 0.3 is 0 Å². The quantitative estimate of drug-likeness (QED) is 0.509. The number of halogens is 4. The molecular weight excluding hydrogens is 456 g/mol. The summed E-state index contributed by atoms with van der Waals surface area (Å²) >= 11 is 13.7. The Morgan fingerprint density at radius 2 is 1.53 bits per heavy atom. The highest BCUT2D eigenvalue weighted by Crippen LogP contribution is 2.46. The maximum Gasteiger partial charge on any atom is 0.145 e. The van der Waals surface area contributed by atoms with E-state index in [1.165, 1.54) is 0 Å². The van der Waals surface area contributed by atoms with Crippen molar-refractivity contribution < 1.29 is 5.11 Å². The third kappa shape index (κ3) is 1.88. The van der Waals surface area contributed by atoms with Crippen LogP contribution >= 0.6 is 63.7 Å². The predicted octanol–water partition coefficient (Wildman–Crippen LogP) is 5.60. The Morgan fingerprint density at radius 3 is 2.20 bits per heavy atom. The van der Waals surface area contributed by atoms with Crippen molar-refractivity contribution >= 4 is 74.5 Å². The highest BCUT2D eigenvalue weighted by atomic mass is 79.9. The maximum atomic E-state index is 9.84. The Balaban J connectivity index is 3.08. The first kappa shape index (κ1) is 11.9. The molecule has 0 heterocycles. The van der Waals surface area contributed by atoms with E-state index >= 15 is 0 Å². The van der Waals surface area contributed by atoms with Crippen molar-refractivity contribution in [2.24, 2.45) is 0 Å². The van der Waals surface area contributed by atoms with Crippen molar-refractivity contribution in [2.45, 2.75) is 0 Å². The van der Waals surface area contributed by atoms with E-state index in [9.17, 15) is 5.11 Å². The standard InChI is InChI=1S/C10H4Br4O/c11-5-3-1-2-4-6(5)8(13)9(14)10(15)7(4)12/h1-3,15H.